The number of H-pyrrole nitrogens is 5. The number of rotatable bonds is 5. The monoisotopic (exact) mass is 773 g/mol. The second kappa shape index (κ2) is 11.6. The summed E-state index contributed by atoms with van der Waals surface area (Å²) in [5.74, 6) is 1.19. The maximum absolute atomic E-state index is 5.37. The summed E-state index contributed by atoms with van der Waals surface area (Å²) in [6.45, 7) is 0. The van der Waals surface area contributed by atoms with Crippen LogP contribution in [-0.4, -0.2) is 101 Å². The molecule has 0 amide bonds. The number of nitrogens with one attached hydrogen (secondary N) is 5. The Kier molecular flexibility index (Phi) is 6.15. The van der Waals surface area contributed by atoms with Gasteiger partial charge in [0.25, 0.3) is 0 Å². The summed E-state index contributed by atoms with van der Waals surface area (Å²) in [5, 5.41) is 34.7. The van der Waals surface area contributed by atoms with E-state index in [1.54, 1.807) is 43.5 Å². The molecule has 280 valence electrons. The zero-order chi connectivity index (χ0) is 38.7. The fraction of sp³-hybridized carbons (Fsp3) is 0.0526. The molecule has 2 aliphatic heterocycles. The zero-order valence-electron chi connectivity index (χ0n) is 30.1. The molecule has 1 atom stereocenters. The first kappa shape index (κ1) is 31.3. The number of imidazole rings is 2. The van der Waals surface area contributed by atoms with E-state index in [9.17, 15) is 0 Å². The number of benzene rings is 2. The Bertz CT molecular complexity index is 3440. The topological polar surface area (TPSA) is 265 Å². The van der Waals surface area contributed by atoms with Crippen molar-refractivity contribution in [2.24, 2.45) is 4.99 Å². The molecule has 1 unspecified atom stereocenters. The van der Waals surface area contributed by atoms with Crippen molar-refractivity contribution >= 4 is 84.4 Å². The molecule has 0 saturated heterocycles. The first-order valence-electron chi connectivity index (χ1n) is 18.3. The number of hydrogen-bond acceptors (Lipinski definition) is 16. The molecule has 59 heavy (non-hydrogen) atoms. The van der Waals surface area contributed by atoms with Crippen molar-refractivity contribution in [1.29, 1.82) is 0 Å². The van der Waals surface area contributed by atoms with E-state index >= 15 is 0 Å². The largest absolute Gasteiger partial charge is 0.342 e. The molecular formula is C38H23N21. The second-order valence-corrected chi connectivity index (χ2v) is 13.8. The van der Waals surface area contributed by atoms with Gasteiger partial charge in [-0.25, -0.2) is 39.9 Å². The number of hydrogen-bond donors (Lipinski definition) is 5. The molecule has 2 aliphatic rings. The molecule has 21 heteroatoms. The zero-order valence-corrected chi connectivity index (χ0v) is 30.1. The minimum absolute atomic E-state index is 0.204. The van der Waals surface area contributed by atoms with Gasteiger partial charge in [-0.1, -0.05) is 36.4 Å². The van der Waals surface area contributed by atoms with Gasteiger partial charge in [0.05, 0.1) is 35.4 Å². The van der Waals surface area contributed by atoms with Crippen molar-refractivity contribution in [3.8, 4) is 0 Å². The van der Waals surface area contributed by atoms with Crippen molar-refractivity contribution < 1.29 is 0 Å². The van der Waals surface area contributed by atoms with Gasteiger partial charge in [-0.05, 0) is 23.8 Å². The molecule has 11 heterocycles. The molecule has 0 spiro atoms. The van der Waals surface area contributed by atoms with Gasteiger partial charge < -0.3 is 9.97 Å². The van der Waals surface area contributed by atoms with Crippen LogP contribution in [-0.2, 0) is 12.1 Å². The van der Waals surface area contributed by atoms with Gasteiger partial charge in [-0.15, -0.1) is 5.10 Å². The van der Waals surface area contributed by atoms with E-state index in [0.29, 0.717) is 91.2 Å². The van der Waals surface area contributed by atoms with Crippen molar-refractivity contribution in [3.05, 3.63) is 127 Å². The normalized spacial score (nSPS) is 16.8. The Labute approximate surface area is 327 Å². The van der Waals surface area contributed by atoms with Crippen molar-refractivity contribution in [2.75, 3.05) is 4.90 Å². The van der Waals surface area contributed by atoms with Crippen LogP contribution in [0.1, 0.15) is 28.5 Å². The van der Waals surface area contributed by atoms with Crippen LogP contribution in [0.4, 0.5) is 11.6 Å². The average molecular weight is 774 g/mol. The lowest BCUT2D eigenvalue weighted by molar-refractivity contribution is 0.312. The summed E-state index contributed by atoms with van der Waals surface area (Å²) in [4.78, 5) is 54.4. The predicted molar refractivity (Wildman–Crippen MR) is 212 cm³/mol. The quantitative estimate of drug-likeness (QED) is 0.165. The van der Waals surface area contributed by atoms with Crippen LogP contribution in [0.25, 0.3) is 67.0 Å². The highest BCUT2D eigenvalue weighted by Crippen LogP contribution is 2.58. The third kappa shape index (κ3) is 4.25. The van der Waals surface area contributed by atoms with Gasteiger partial charge in [-0.2, -0.15) is 25.4 Å². The van der Waals surface area contributed by atoms with Gasteiger partial charge >= 0.3 is 0 Å². The van der Waals surface area contributed by atoms with Gasteiger partial charge in [0.1, 0.15) is 50.9 Å². The SMILES string of the molecule is c1ccc2c(c1)CC(N1C(c3nc4nccnc4[nH]3)=C(c3n[nH]c4nccnc34)N(c3ncc4[nH]cnc4n3)C1(c1n[nH]c3ccccc13)c1n[nH]c3ccnnc13)=N2. The van der Waals surface area contributed by atoms with E-state index in [1.165, 1.54) is 0 Å². The molecule has 0 radical (unpaired) electrons. The van der Waals surface area contributed by atoms with Gasteiger partial charge in [0, 0.05) is 36.6 Å². The van der Waals surface area contributed by atoms with E-state index < -0.39 is 5.66 Å². The van der Waals surface area contributed by atoms with E-state index in [0.717, 1.165) is 22.2 Å². The van der Waals surface area contributed by atoms with Gasteiger partial charge in [-0.3, -0.25) is 25.1 Å². The molecule has 9 aromatic heterocycles. The number of aliphatic imine (C=N–C) groups is 1. The maximum Gasteiger partial charge on any atom is 0.234 e. The van der Waals surface area contributed by atoms with Crippen molar-refractivity contribution in [1.82, 2.24) is 95.5 Å². The first-order chi connectivity index (χ1) is 29.2. The highest BCUT2D eigenvalue weighted by atomic mass is 15.5. The molecule has 11 aromatic rings. The van der Waals surface area contributed by atoms with Gasteiger partial charge in [0.15, 0.2) is 28.4 Å². The highest BCUT2D eigenvalue weighted by Gasteiger charge is 2.63. The Morgan fingerprint density at radius 1 is 0.627 bits per heavy atom. The molecule has 21 nitrogen and oxygen atoms in total. The van der Waals surface area contributed by atoms with Gasteiger partial charge in [0.2, 0.25) is 11.6 Å². The van der Waals surface area contributed by atoms with Crippen LogP contribution < -0.4 is 4.90 Å². The molecule has 0 bridgehead atoms. The number of para-hydroxylation sites is 2. The van der Waals surface area contributed by atoms with Crippen LogP contribution in [0.15, 0.2) is 103 Å². The number of fused-ring (bicyclic) bond motifs is 6. The molecule has 0 fully saturated rings. The Hall–Kier alpha value is -8.88. The number of nitrogens with zero attached hydrogens (tertiary/aromatic N) is 16. The van der Waals surface area contributed by atoms with Crippen molar-refractivity contribution in [2.45, 2.75) is 12.1 Å². The summed E-state index contributed by atoms with van der Waals surface area (Å²) in [7, 11) is 0. The molecule has 2 aromatic carbocycles. The number of aromatic nitrogens is 18. The van der Waals surface area contributed by atoms with Crippen LogP contribution >= 0.6 is 0 Å². The fourth-order valence-corrected chi connectivity index (χ4v) is 8.27. The summed E-state index contributed by atoms with van der Waals surface area (Å²) >= 11 is 0. The lowest BCUT2D eigenvalue weighted by Crippen LogP contribution is -2.56. The summed E-state index contributed by atoms with van der Waals surface area (Å²) in [6, 6.07) is 17.7. The van der Waals surface area contributed by atoms with Crippen LogP contribution in [0.5, 0.6) is 0 Å². The molecule has 13 rings (SSSR count). The lowest BCUT2D eigenvalue weighted by atomic mass is 9.93. The standard InChI is InChI=1S/C38H23N21/c1-3-7-20-18(5-1)15-24(47-20)58-29(34-48-35-36(49-34)42-14-13-41-35)28(26-27-33(57-54-26)40-12-11-39-27)59(37-43-16-23-32(50-37)45-17-44-23)38(58,30-19-6-2-4-8-21(19)51-55-30)31-25-22(52-56-31)9-10-46-53-25/h1-14,16-17H,15H2,(H,51,55)(H,52,56)(H,40,54,57)(H,41,42,48,49)(H,43,44,45,50). The number of amidine groups is 1. The lowest BCUT2D eigenvalue weighted by Gasteiger charge is -2.43. The summed E-state index contributed by atoms with van der Waals surface area (Å²) < 4.78 is 0. The van der Waals surface area contributed by atoms with E-state index in [4.69, 9.17) is 45.3 Å². The van der Waals surface area contributed by atoms with E-state index in [1.807, 2.05) is 53.4 Å². The molecular weight excluding hydrogens is 751 g/mol. The highest BCUT2D eigenvalue weighted by molar-refractivity contribution is 6.12. The minimum atomic E-state index is -1.70. The predicted octanol–water partition coefficient (Wildman–Crippen LogP) is 4.06. The Morgan fingerprint density at radius 3 is 2.42 bits per heavy atom. The Morgan fingerprint density at radius 2 is 1.47 bits per heavy atom. The molecule has 0 saturated carbocycles. The second-order valence-electron chi connectivity index (χ2n) is 13.8. The van der Waals surface area contributed by atoms with Crippen LogP contribution in [0.3, 0.4) is 0 Å². The first-order valence-corrected chi connectivity index (χ1v) is 18.3. The fourth-order valence-electron chi connectivity index (χ4n) is 8.27. The van der Waals surface area contributed by atoms with E-state index in [-0.39, 0.29) is 5.95 Å². The Balaban J connectivity index is 1.27. The van der Waals surface area contributed by atoms with E-state index in [2.05, 4.69) is 61.3 Å². The maximum atomic E-state index is 5.37. The molecule has 5 N–H and O–H groups in total. The van der Waals surface area contributed by atoms with Crippen LogP contribution in [0.2, 0.25) is 0 Å². The van der Waals surface area contributed by atoms with Crippen LogP contribution in [0, 0.1) is 0 Å². The average Bonchev–Trinajstić information content (AvgIpc) is 4.14. The number of aromatic amines is 5. The minimum Gasteiger partial charge on any atom is -0.342 e. The summed E-state index contributed by atoms with van der Waals surface area (Å²) in [5.41, 5.74) is 6.95. The smallest absolute Gasteiger partial charge is 0.234 e. The summed E-state index contributed by atoms with van der Waals surface area (Å²) in [6.07, 6.45) is 11.7. The third-order valence-corrected chi connectivity index (χ3v) is 10.7. The molecule has 0 aliphatic carbocycles. The third-order valence-electron chi connectivity index (χ3n) is 10.7. The number of anilines is 1. The van der Waals surface area contributed by atoms with Crippen molar-refractivity contribution in [3.63, 3.8) is 0 Å².